The molecule has 0 aromatic heterocycles. The van der Waals surface area contributed by atoms with Crippen LogP contribution in [0.5, 0.6) is 0 Å². The number of esters is 1. The van der Waals surface area contributed by atoms with Gasteiger partial charge in [-0.25, -0.2) is 4.79 Å². The second kappa shape index (κ2) is 17.0. The highest BCUT2D eigenvalue weighted by atomic mass is 16.6. The zero-order valence-corrected chi connectivity index (χ0v) is 17.6. The van der Waals surface area contributed by atoms with E-state index in [9.17, 15) is 9.90 Å². The smallest absolute Gasteiger partial charge is 0.333 e. The van der Waals surface area contributed by atoms with Crippen molar-refractivity contribution < 1.29 is 14.6 Å². The summed E-state index contributed by atoms with van der Waals surface area (Å²) >= 11 is 0. The summed E-state index contributed by atoms with van der Waals surface area (Å²) in [7, 11) is 0. The molecule has 1 N–H and O–H groups in total. The lowest BCUT2D eigenvalue weighted by molar-refractivity contribution is -0.151. The average Bonchev–Trinajstić information content (AvgIpc) is 2.98. The topological polar surface area (TPSA) is 46.5 Å². The predicted molar refractivity (Wildman–Crippen MR) is 113 cm³/mol. The second-order valence-electron chi connectivity index (χ2n) is 7.90. The maximum Gasteiger partial charge on any atom is 0.333 e. The van der Waals surface area contributed by atoms with Crippen molar-refractivity contribution in [2.45, 2.75) is 122 Å². The summed E-state index contributed by atoms with van der Waals surface area (Å²) in [5, 5.41) is 9.49. The van der Waals surface area contributed by atoms with Crippen molar-refractivity contribution in [3.63, 3.8) is 0 Å². The first-order valence-electron chi connectivity index (χ1n) is 11.5. The Morgan fingerprint density at radius 2 is 1.30 bits per heavy atom. The molecular weight excluding hydrogens is 336 g/mol. The molecule has 0 aliphatic carbocycles. The lowest BCUT2D eigenvalue weighted by Gasteiger charge is -2.07. The fourth-order valence-electron chi connectivity index (χ4n) is 3.57. The third kappa shape index (κ3) is 13.7. The molecule has 3 heteroatoms. The quantitative estimate of drug-likeness (QED) is 0.159. The van der Waals surface area contributed by atoms with Gasteiger partial charge in [-0.3, -0.25) is 0 Å². The van der Waals surface area contributed by atoms with Gasteiger partial charge >= 0.3 is 5.97 Å². The van der Waals surface area contributed by atoms with Crippen LogP contribution in [0.4, 0.5) is 0 Å². The van der Waals surface area contributed by atoms with Gasteiger partial charge in [0.25, 0.3) is 0 Å². The number of carbonyl (C=O) groups excluding carboxylic acids is 1. The highest BCUT2D eigenvalue weighted by Crippen LogP contribution is 2.20. The second-order valence-corrected chi connectivity index (χ2v) is 7.90. The summed E-state index contributed by atoms with van der Waals surface area (Å²) in [6.45, 7) is 2.27. The molecule has 0 aromatic rings. The van der Waals surface area contributed by atoms with Crippen LogP contribution in [-0.2, 0) is 9.53 Å². The third-order valence-electron chi connectivity index (χ3n) is 5.33. The van der Waals surface area contributed by atoms with Crippen LogP contribution >= 0.6 is 0 Å². The third-order valence-corrected chi connectivity index (χ3v) is 5.33. The minimum Gasteiger partial charge on any atom is -0.429 e. The fourth-order valence-corrected chi connectivity index (χ4v) is 3.57. The lowest BCUT2D eigenvalue weighted by atomic mass is 10.0. The molecule has 0 saturated carbocycles. The minimum atomic E-state index is -0.989. The number of cyclic esters (lactones) is 1. The first-order valence-corrected chi connectivity index (χ1v) is 11.5. The number of hydrogen-bond acceptors (Lipinski definition) is 3. The monoisotopic (exact) mass is 378 g/mol. The average molecular weight is 379 g/mol. The Kier molecular flexibility index (Phi) is 15.1. The van der Waals surface area contributed by atoms with Crippen molar-refractivity contribution in [1.82, 2.24) is 0 Å². The molecule has 0 saturated heterocycles. The number of aliphatic hydroxyl groups excluding tert-OH is 1. The van der Waals surface area contributed by atoms with Crippen LogP contribution in [0.1, 0.15) is 116 Å². The predicted octanol–water partition coefficient (Wildman–Crippen LogP) is 7.00. The summed E-state index contributed by atoms with van der Waals surface area (Å²) in [4.78, 5) is 11.0. The number of hydrogen-bond donors (Lipinski definition) is 1. The summed E-state index contributed by atoms with van der Waals surface area (Å²) in [6, 6.07) is 0. The molecule has 1 atom stereocenters. The van der Waals surface area contributed by atoms with E-state index in [1.54, 1.807) is 0 Å². The molecule has 1 rings (SSSR count). The normalized spacial score (nSPS) is 16.9. The lowest BCUT2D eigenvalue weighted by Crippen LogP contribution is -2.09. The number of allylic oxidation sites excluding steroid dienone is 2. The highest BCUT2D eigenvalue weighted by molar-refractivity contribution is 5.85. The van der Waals surface area contributed by atoms with E-state index in [1.165, 1.54) is 102 Å². The Hall–Kier alpha value is -1.09. The van der Waals surface area contributed by atoms with Gasteiger partial charge in [-0.05, 0) is 38.5 Å². The zero-order valence-electron chi connectivity index (χ0n) is 17.6. The first kappa shape index (κ1) is 23.9. The van der Waals surface area contributed by atoms with Crippen LogP contribution in [-0.4, -0.2) is 17.4 Å². The molecule has 1 aliphatic rings. The Balaban J connectivity index is 1.76. The zero-order chi connectivity index (χ0) is 19.6. The van der Waals surface area contributed by atoms with E-state index in [0.29, 0.717) is 0 Å². The number of unbranched alkanes of at least 4 members (excludes halogenated alkanes) is 14. The molecule has 1 aliphatic heterocycles. The largest absolute Gasteiger partial charge is 0.429 e. The molecule has 0 spiro atoms. The molecule has 1 unspecified atom stereocenters. The Morgan fingerprint density at radius 1 is 0.815 bits per heavy atom. The summed E-state index contributed by atoms with van der Waals surface area (Å²) < 4.78 is 4.68. The van der Waals surface area contributed by atoms with Crippen molar-refractivity contribution in [1.29, 1.82) is 0 Å². The van der Waals surface area contributed by atoms with Crippen molar-refractivity contribution in [3.05, 3.63) is 23.8 Å². The molecule has 1 heterocycles. The highest BCUT2D eigenvalue weighted by Gasteiger charge is 2.22. The van der Waals surface area contributed by atoms with Gasteiger partial charge in [0.05, 0.1) is 0 Å². The van der Waals surface area contributed by atoms with Gasteiger partial charge in [0.2, 0.25) is 6.29 Å². The van der Waals surface area contributed by atoms with E-state index in [2.05, 4.69) is 23.8 Å². The first-order chi connectivity index (χ1) is 13.2. The molecular formula is C24H42O3. The molecule has 0 aromatic carbocycles. The SMILES string of the molecule is CCCCCCCCC=CCCCCCCCCCCC1=CC(=O)OC1O. The molecule has 0 fully saturated rings. The van der Waals surface area contributed by atoms with Crippen LogP contribution in [0.2, 0.25) is 0 Å². The minimum absolute atomic E-state index is 0.408. The molecule has 156 valence electrons. The van der Waals surface area contributed by atoms with Crippen molar-refractivity contribution >= 4 is 5.97 Å². The van der Waals surface area contributed by atoms with Crippen LogP contribution < -0.4 is 0 Å². The van der Waals surface area contributed by atoms with Crippen molar-refractivity contribution in [2.24, 2.45) is 0 Å². The standard InChI is InChI=1S/C24H42O3/c1-2-3-4-5-6-7-8-9-10-11-12-13-14-15-16-17-18-19-20-22-21-23(25)27-24(22)26/h9-10,21,24,26H,2-8,11-20H2,1H3. The summed E-state index contributed by atoms with van der Waals surface area (Å²) in [5.74, 6) is -0.408. The fraction of sp³-hybridized carbons (Fsp3) is 0.792. The number of rotatable bonds is 18. The van der Waals surface area contributed by atoms with E-state index in [4.69, 9.17) is 0 Å². The van der Waals surface area contributed by atoms with Gasteiger partial charge in [0, 0.05) is 11.6 Å². The van der Waals surface area contributed by atoms with Crippen LogP contribution in [0, 0.1) is 0 Å². The van der Waals surface area contributed by atoms with E-state index in [-0.39, 0.29) is 0 Å². The van der Waals surface area contributed by atoms with E-state index >= 15 is 0 Å². The van der Waals surface area contributed by atoms with Crippen LogP contribution in [0.25, 0.3) is 0 Å². The van der Waals surface area contributed by atoms with E-state index in [0.717, 1.165) is 18.4 Å². The summed E-state index contributed by atoms with van der Waals surface area (Å²) in [6.07, 6.45) is 26.9. The molecule has 27 heavy (non-hydrogen) atoms. The maximum absolute atomic E-state index is 11.0. The molecule has 0 radical (unpaired) electrons. The van der Waals surface area contributed by atoms with Gasteiger partial charge in [-0.2, -0.15) is 0 Å². The van der Waals surface area contributed by atoms with Crippen LogP contribution in [0.15, 0.2) is 23.8 Å². The molecule has 0 bridgehead atoms. The van der Waals surface area contributed by atoms with Gasteiger partial charge in [0.1, 0.15) is 0 Å². The van der Waals surface area contributed by atoms with Crippen LogP contribution in [0.3, 0.4) is 0 Å². The van der Waals surface area contributed by atoms with Gasteiger partial charge < -0.3 is 9.84 Å². The van der Waals surface area contributed by atoms with Gasteiger partial charge in [0.15, 0.2) is 0 Å². The number of ether oxygens (including phenoxy) is 1. The van der Waals surface area contributed by atoms with Gasteiger partial charge in [-0.1, -0.05) is 89.7 Å². The summed E-state index contributed by atoms with van der Waals surface area (Å²) in [5.41, 5.74) is 0.740. The number of aliphatic hydroxyl groups is 1. The molecule has 0 amide bonds. The molecule has 3 nitrogen and oxygen atoms in total. The van der Waals surface area contributed by atoms with E-state index < -0.39 is 12.3 Å². The van der Waals surface area contributed by atoms with E-state index in [1.807, 2.05) is 0 Å². The number of carbonyl (C=O) groups is 1. The van der Waals surface area contributed by atoms with Crippen molar-refractivity contribution in [3.8, 4) is 0 Å². The van der Waals surface area contributed by atoms with Crippen molar-refractivity contribution in [2.75, 3.05) is 0 Å². The Morgan fingerprint density at radius 3 is 1.78 bits per heavy atom. The van der Waals surface area contributed by atoms with Gasteiger partial charge in [-0.15, -0.1) is 0 Å². The maximum atomic E-state index is 11.0. The Bertz CT molecular complexity index is 425. The Labute approximate surface area is 167 Å².